The van der Waals surface area contributed by atoms with Gasteiger partial charge in [-0.15, -0.1) is 0 Å². The Hall–Kier alpha value is -2.40. The summed E-state index contributed by atoms with van der Waals surface area (Å²) in [6, 6.07) is 14.3. The first kappa shape index (κ1) is 18.4. The largest absolute Gasteiger partial charge is 0.347 e. The number of nitrogens with zero attached hydrogens (tertiary/aromatic N) is 1. The van der Waals surface area contributed by atoms with E-state index in [1.54, 1.807) is 0 Å². The average molecular weight is 353 g/mol. The minimum Gasteiger partial charge on any atom is -0.347 e. The Balaban J connectivity index is 1.58. The highest BCUT2D eigenvalue weighted by Gasteiger charge is 2.25. The van der Waals surface area contributed by atoms with Crippen LogP contribution in [0.1, 0.15) is 25.3 Å². The smallest absolute Gasteiger partial charge is 0.242 e. The molecule has 0 aliphatic carbocycles. The molecule has 2 aromatic carbocycles. The van der Waals surface area contributed by atoms with E-state index in [1.807, 2.05) is 47.4 Å². The summed E-state index contributed by atoms with van der Waals surface area (Å²) < 4.78 is 0. The molecular weight excluding hydrogens is 326 g/mol. The molecule has 3 rings (SSSR count). The van der Waals surface area contributed by atoms with Crippen molar-refractivity contribution in [3.63, 3.8) is 0 Å². The molecule has 26 heavy (non-hydrogen) atoms. The van der Waals surface area contributed by atoms with Crippen molar-refractivity contribution in [1.29, 1.82) is 0 Å². The van der Waals surface area contributed by atoms with E-state index >= 15 is 0 Å². The number of carbonyl (C=O) groups is 2. The summed E-state index contributed by atoms with van der Waals surface area (Å²) in [4.78, 5) is 26.9. The molecule has 5 heteroatoms. The highest BCUT2D eigenvalue weighted by atomic mass is 16.2. The maximum Gasteiger partial charge on any atom is 0.242 e. The van der Waals surface area contributed by atoms with Crippen LogP contribution in [0.25, 0.3) is 10.8 Å². The first-order chi connectivity index (χ1) is 12.7. The van der Waals surface area contributed by atoms with E-state index in [0.29, 0.717) is 0 Å². The van der Waals surface area contributed by atoms with E-state index < -0.39 is 0 Å². The van der Waals surface area contributed by atoms with Gasteiger partial charge in [-0.05, 0) is 35.7 Å². The second-order valence-electron chi connectivity index (χ2n) is 6.83. The average Bonchev–Trinajstić information content (AvgIpc) is 3.19. The van der Waals surface area contributed by atoms with Gasteiger partial charge in [0.15, 0.2) is 0 Å². The van der Waals surface area contributed by atoms with E-state index in [4.69, 9.17) is 0 Å². The van der Waals surface area contributed by atoms with Gasteiger partial charge >= 0.3 is 0 Å². The second kappa shape index (κ2) is 8.81. The lowest BCUT2D eigenvalue weighted by Crippen LogP contribution is -2.47. The number of rotatable bonds is 7. The summed E-state index contributed by atoms with van der Waals surface area (Å²) in [5.74, 6) is -0.109. The molecule has 0 aromatic heterocycles. The summed E-state index contributed by atoms with van der Waals surface area (Å²) in [6.45, 7) is 4.67. The van der Waals surface area contributed by atoms with Crippen LogP contribution in [0.3, 0.4) is 0 Å². The first-order valence-corrected chi connectivity index (χ1v) is 9.42. The summed E-state index contributed by atoms with van der Waals surface area (Å²) >= 11 is 0. The van der Waals surface area contributed by atoms with Crippen LogP contribution < -0.4 is 10.6 Å². The van der Waals surface area contributed by atoms with Crippen molar-refractivity contribution in [2.45, 2.75) is 32.2 Å². The standard InChI is InChI=1S/C21H27N3O2/c1-2-12-24(18-10-11-22-14-18)21(26)15-23-20(25)13-17-8-5-7-16-6-3-4-9-19(16)17/h3-9,18,22H,2,10-15H2,1H3,(H,23,25). The normalized spacial score (nSPS) is 16.6. The van der Waals surface area contributed by atoms with E-state index in [9.17, 15) is 9.59 Å². The Labute approximate surface area is 154 Å². The molecule has 2 aromatic rings. The minimum atomic E-state index is -0.115. The number of benzene rings is 2. The van der Waals surface area contributed by atoms with Crippen molar-refractivity contribution in [2.24, 2.45) is 0 Å². The lowest BCUT2D eigenvalue weighted by molar-refractivity contribution is -0.134. The third-order valence-electron chi connectivity index (χ3n) is 4.93. The zero-order valence-corrected chi connectivity index (χ0v) is 15.3. The van der Waals surface area contributed by atoms with Gasteiger partial charge in [-0.3, -0.25) is 9.59 Å². The molecule has 0 radical (unpaired) electrons. The van der Waals surface area contributed by atoms with Gasteiger partial charge in [0.05, 0.1) is 13.0 Å². The molecule has 1 aliphatic heterocycles. The second-order valence-corrected chi connectivity index (χ2v) is 6.83. The topological polar surface area (TPSA) is 61.4 Å². The van der Waals surface area contributed by atoms with Gasteiger partial charge in [0.2, 0.25) is 11.8 Å². The van der Waals surface area contributed by atoms with Gasteiger partial charge < -0.3 is 15.5 Å². The minimum absolute atomic E-state index is 0.00631. The van der Waals surface area contributed by atoms with Crippen LogP contribution in [0, 0.1) is 0 Å². The lowest BCUT2D eigenvalue weighted by atomic mass is 10.0. The van der Waals surface area contributed by atoms with Crippen LogP contribution >= 0.6 is 0 Å². The highest BCUT2D eigenvalue weighted by Crippen LogP contribution is 2.18. The molecule has 2 amide bonds. The molecule has 0 saturated carbocycles. The van der Waals surface area contributed by atoms with Gasteiger partial charge in [0, 0.05) is 19.1 Å². The maximum atomic E-state index is 12.6. The summed E-state index contributed by atoms with van der Waals surface area (Å²) in [7, 11) is 0. The monoisotopic (exact) mass is 353 g/mol. The van der Waals surface area contributed by atoms with E-state index in [2.05, 4.69) is 17.6 Å². The van der Waals surface area contributed by atoms with E-state index in [1.165, 1.54) is 0 Å². The molecule has 0 spiro atoms. The molecule has 138 valence electrons. The number of fused-ring (bicyclic) bond motifs is 1. The number of amides is 2. The molecule has 1 heterocycles. The molecule has 1 atom stereocenters. The number of hydrogen-bond acceptors (Lipinski definition) is 3. The van der Waals surface area contributed by atoms with Crippen molar-refractivity contribution in [1.82, 2.24) is 15.5 Å². The number of nitrogens with one attached hydrogen (secondary N) is 2. The zero-order chi connectivity index (χ0) is 18.4. The molecule has 1 unspecified atom stereocenters. The third kappa shape index (κ3) is 4.41. The van der Waals surface area contributed by atoms with Crippen LogP contribution in [0.5, 0.6) is 0 Å². The predicted octanol–water partition coefficient (Wildman–Crippen LogP) is 2.10. The van der Waals surface area contributed by atoms with Crippen molar-refractivity contribution in [3.05, 3.63) is 48.0 Å². The Morgan fingerprint density at radius 1 is 1.19 bits per heavy atom. The van der Waals surface area contributed by atoms with Crippen LogP contribution in [-0.2, 0) is 16.0 Å². The third-order valence-corrected chi connectivity index (χ3v) is 4.93. The quantitative estimate of drug-likeness (QED) is 0.801. The predicted molar refractivity (Wildman–Crippen MR) is 104 cm³/mol. The Kier molecular flexibility index (Phi) is 6.23. The Bertz CT molecular complexity index is 763. The fraction of sp³-hybridized carbons (Fsp3) is 0.429. The molecule has 1 aliphatic rings. The number of hydrogen-bond donors (Lipinski definition) is 2. The molecule has 5 nitrogen and oxygen atoms in total. The van der Waals surface area contributed by atoms with E-state index in [0.717, 1.165) is 48.8 Å². The van der Waals surface area contributed by atoms with Crippen LogP contribution in [0.2, 0.25) is 0 Å². The van der Waals surface area contributed by atoms with Gasteiger partial charge in [-0.25, -0.2) is 0 Å². The number of carbonyl (C=O) groups excluding carboxylic acids is 2. The van der Waals surface area contributed by atoms with Crippen LogP contribution in [-0.4, -0.2) is 48.9 Å². The Morgan fingerprint density at radius 2 is 2.00 bits per heavy atom. The first-order valence-electron chi connectivity index (χ1n) is 9.42. The lowest BCUT2D eigenvalue weighted by Gasteiger charge is -2.28. The molecule has 0 bridgehead atoms. The molecular formula is C21H27N3O2. The van der Waals surface area contributed by atoms with E-state index in [-0.39, 0.29) is 30.8 Å². The zero-order valence-electron chi connectivity index (χ0n) is 15.3. The van der Waals surface area contributed by atoms with Gasteiger partial charge in [0.25, 0.3) is 0 Å². The van der Waals surface area contributed by atoms with Crippen LogP contribution in [0.4, 0.5) is 0 Å². The summed E-state index contributed by atoms with van der Waals surface area (Å²) in [5, 5.41) is 8.31. The summed E-state index contributed by atoms with van der Waals surface area (Å²) in [6.07, 6.45) is 2.19. The molecule has 1 fully saturated rings. The fourth-order valence-corrected chi connectivity index (χ4v) is 3.62. The van der Waals surface area contributed by atoms with Crippen LogP contribution in [0.15, 0.2) is 42.5 Å². The van der Waals surface area contributed by atoms with Crippen molar-refractivity contribution in [2.75, 3.05) is 26.2 Å². The highest BCUT2D eigenvalue weighted by molar-refractivity contribution is 5.91. The van der Waals surface area contributed by atoms with Gasteiger partial charge in [0.1, 0.15) is 0 Å². The van der Waals surface area contributed by atoms with Crippen molar-refractivity contribution < 1.29 is 9.59 Å². The maximum absolute atomic E-state index is 12.6. The van der Waals surface area contributed by atoms with Gasteiger partial charge in [-0.1, -0.05) is 49.4 Å². The van der Waals surface area contributed by atoms with Crippen molar-refractivity contribution >= 4 is 22.6 Å². The SMILES string of the molecule is CCCN(C(=O)CNC(=O)Cc1cccc2ccccc12)C1CCNC1. The molecule has 1 saturated heterocycles. The molecule has 2 N–H and O–H groups in total. The van der Waals surface area contributed by atoms with Gasteiger partial charge in [-0.2, -0.15) is 0 Å². The van der Waals surface area contributed by atoms with Crippen molar-refractivity contribution in [3.8, 4) is 0 Å². The fourth-order valence-electron chi connectivity index (χ4n) is 3.62. The Morgan fingerprint density at radius 3 is 2.77 bits per heavy atom. The summed E-state index contributed by atoms with van der Waals surface area (Å²) in [5.41, 5.74) is 0.985.